The first-order valence-corrected chi connectivity index (χ1v) is 9.62. The Labute approximate surface area is 168 Å². The molecule has 1 aromatic carbocycles. The van der Waals surface area contributed by atoms with Crippen molar-refractivity contribution < 1.29 is 18.5 Å². The van der Waals surface area contributed by atoms with Crippen LogP contribution < -0.4 is 4.90 Å². The molecule has 2 aromatic heterocycles. The molecule has 9 heteroatoms. The molecule has 3 aromatic rings. The largest absolute Gasteiger partial charge is 0.461 e. The Bertz CT molecular complexity index is 947. The van der Waals surface area contributed by atoms with Crippen molar-refractivity contribution in [2.75, 3.05) is 37.7 Å². The SMILES string of the molecule is CCOC(=O)c1coc(N2CCN(C(c3ccccc3)c3nc(C)no3)CC2)n1. The van der Waals surface area contributed by atoms with Crippen molar-refractivity contribution in [1.82, 2.24) is 20.0 Å². The van der Waals surface area contributed by atoms with Crippen LogP contribution in [0.5, 0.6) is 0 Å². The molecule has 1 fully saturated rings. The van der Waals surface area contributed by atoms with Crippen LogP contribution in [0.25, 0.3) is 0 Å². The average molecular weight is 397 g/mol. The highest BCUT2D eigenvalue weighted by atomic mass is 16.5. The number of anilines is 1. The lowest BCUT2D eigenvalue weighted by Crippen LogP contribution is -2.48. The van der Waals surface area contributed by atoms with E-state index in [1.165, 1.54) is 6.26 Å². The number of piperazine rings is 1. The van der Waals surface area contributed by atoms with Gasteiger partial charge in [-0.25, -0.2) is 4.79 Å². The number of aromatic nitrogens is 3. The van der Waals surface area contributed by atoms with Crippen LogP contribution in [-0.4, -0.2) is 58.8 Å². The van der Waals surface area contributed by atoms with Crippen LogP contribution in [0.4, 0.5) is 6.01 Å². The van der Waals surface area contributed by atoms with Gasteiger partial charge in [-0.2, -0.15) is 9.97 Å². The highest BCUT2D eigenvalue weighted by Crippen LogP contribution is 2.29. The lowest BCUT2D eigenvalue weighted by molar-refractivity contribution is 0.0519. The monoisotopic (exact) mass is 397 g/mol. The molecule has 0 amide bonds. The summed E-state index contributed by atoms with van der Waals surface area (Å²) in [6, 6.07) is 10.4. The third-order valence-electron chi connectivity index (χ3n) is 4.82. The molecule has 0 aliphatic carbocycles. The molecule has 152 valence electrons. The normalized spacial score (nSPS) is 16.0. The second-order valence-electron chi connectivity index (χ2n) is 6.75. The number of nitrogens with zero attached hydrogens (tertiary/aromatic N) is 5. The third-order valence-corrected chi connectivity index (χ3v) is 4.82. The second kappa shape index (κ2) is 8.44. The van der Waals surface area contributed by atoms with Crippen LogP contribution in [0, 0.1) is 6.92 Å². The maximum atomic E-state index is 11.8. The van der Waals surface area contributed by atoms with E-state index in [9.17, 15) is 4.79 Å². The summed E-state index contributed by atoms with van der Waals surface area (Å²) >= 11 is 0. The van der Waals surface area contributed by atoms with Gasteiger partial charge in [-0.3, -0.25) is 4.90 Å². The summed E-state index contributed by atoms with van der Waals surface area (Å²) in [5.41, 5.74) is 1.29. The Morgan fingerprint density at radius 2 is 1.93 bits per heavy atom. The number of carbonyl (C=O) groups excluding carboxylic acids is 1. The highest BCUT2D eigenvalue weighted by Gasteiger charge is 2.31. The Morgan fingerprint density at radius 1 is 1.17 bits per heavy atom. The minimum absolute atomic E-state index is 0.112. The van der Waals surface area contributed by atoms with Crippen molar-refractivity contribution in [3.05, 3.63) is 59.6 Å². The molecule has 3 heterocycles. The van der Waals surface area contributed by atoms with Gasteiger partial charge in [-0.15, -0.1) is 0 Å². The summed E-state index contributed by atoms with van der Waals surface area (Å²) in [5.74, 6) is 0.728. The first kappa shape index (κ1) is 19.1. The van der Waals surface area contributed by atoms with Gasteiger partial charge in [-0.1, -0.05) is 35.5 Å². The van der Waals surface area contributed by atoms with Crippen molar-refractivity contribution in [3.63, 3.8) is 0 Å². The fourth-order valence-electron chi connectivity index (χ4n) is 3.45. The quantitative estimate of drug-likeness (QED) is 0.581. The molecule has 1 unspecified atom stereocenters. The van der Waals surface area contributed by atoms with E-state index in [1.807, 2.05) is 30.0 Å². The average Bonchev–Trinajstić information content (AvgIpc) is 3.40. The van der Waals surface area contributed by atoms with Crippen molar-refractivity contribution in [3.8, 4) is 0 Å². The van der Waals surface area contributed by atoms with Gasteiger partial charge in [0.05, 0.1) is 6.61 Å². The molecule has 9 nitrogen and oxygen atoms in total. The van der Waals surface area contributed by atoms with E-state index < -0.39 is 5.97 Å². The van der Waals surface area contributed by atoms with E-state index in [-0.39, 0.29) is 11.7 Å². The van der Waals surface area contributed by atoms with E-state index >= 15 is 0 Å². The first-order chi connectivity index (χ1) is 14.2. The van der Waals surface area contributed by atoms with Gasteiger partial charge in [0.1, 0.15) is 12.3 Å². The molecule has 29 heavy (non-hydrogen) atoms. The Balaban J connectivity index is 1.48. The summed E-state index contributed by atoms with van der Waals surface area (Å²) in [5, 5.41) is 3.96. The molecular weight excluding hydrogens is 374 g/mol. The number of rotatable bonds is 6. The summed E-state index contributed by atoms with van der Waals surface area (Å²) in [7, 11) is 0. The van der Waals surface area contributed by atoms with Gasteiger partial charge in [0, 0.05) is 26.2 Å². The zero-order valence-electron chi connectivity index (χ0n) is 16.4. The van der Waals surface area contributed by atoms with Crippen molar-refractivity contribution >= 4 is 12.0 Å². The molecule has 0 N–H and O–H groups in total. The highest BCUT2D eigenvalue weighted by molar-refractivity contribution is 5.87. The number of hydrogen-bond acceptors (Lipinski definition) is 9. The second-order valence-corrected chi connectivity index (χ2v) is 6.75. The van der Waals surface area contributed by atoms with Crippen LogP contribution >= 0.6 is 0 Å². The molecular formula is C20H23N5O4. The summed E-state index contributed by atoms with van der Waals surface area (Å²) in [6.45, 7) is 6.76. The fraction of sp³-hybridized carbons (Fsp3) is 0.400. The molecule has 4 rings (SSSR count). The Hall–Kier alpha value is -3.20. The molecule has 1 saturated heterocycles. The Kier molecular flexibility index (Phi) is 5.57. The molecule has 1 aliphatic rings. The zero-order valence-corrected chi connectivity index (χ0v) is 16.4. The van der Waals surface area contributed by atoms with E-state index in [2.05, 4.69) is 32.2 Å². The van der Waals surface area contributed by atoms with Crippen molar-refractivity contribution in [2.24, 2.45) is 0 Å². The molecule has 1 atom stereocenters. The maximum absolute atomic E-state index is 11.8. The minimum atomic E-state index is -0.475. The first-order valence-electron chi connectivity index (χ1n) is 9.62. The van der Waals surface area contributed by atoms with Crippen LogP contribution in [0.2, 0.25) is 0 Å². The molecule has 0 spiro atoms. The van der Waals surface area contributed by atoms with E-state index in [0.29, 0.717) is 37.4 Å². The summed E-state index contributed by atoms with van der Waals surface area (Å²) in [6.07, 6.45) is 1.34. The van der Waals surface area contributed by atoms with Crippen LogP contribution in [0.1, 0.15) is 40.7 Å². The van der Waals surface area contributed by atoms with Gasteiger partial charge < -0.3 is 18.6 Å². The molecule has 1 aliphatic heterocycles. The Morgan fingerprint density at radius 3 is 2.59 bits per heavy atom. The number of esters is 1. The lowest BCUT2D eigenvalue weighted by atomic mass is 10.0. The fourth-order valence-corrected chi connectivity index (χ4v) is 3.45. The van der Waals surface area contributed by atoms with E-state index in [4.69, 9.17) is 13.7 Å². The topological polar surface area (TPSA) is 97.7 Å². The van der Waals surface area contributed by atoms with Gasteiger partial charge in [0.15, 0.2) is 11.5 Å². The zero-order chi connectivity index (χ0) is 20.2. The third kappa shape index (κ3) is 4.14. The molecule has 0 saturated carbocycles. The maximum Gasteiger partial charge on any atom is 0.360 e. The van der Waals surface area contributed by atoms with E-state index in [1.54, 1.807) is 6.92 Å². The van der Waals surface area contributed by atoms with Crippen molar-refractivity contribution in [2.45, 2.75) is 19.9 Å². The van der Waals surface area contributed by atoms with Gasteiger partial charge >= 0.3 is 5.97 Å². The van der Waals surface area contributed by atoms with Gasteiger partial charge in [0.25, 0.3) is 6.01 Å². The number of ether oxygens (including phenoxy) is 1. The van der Waals surface area contributed by atoms with Gasteiger partial charge in [-0.05, 0) is 19.4 Å². The smallest absolute Gasteiger partial charge is 0.360 e. The summed E-state index contributed by atoms with van der Waals surface area (Å²) in [4.78, 5) is 24.8. The number of hydrogen-bond donors (Lipinski definition) is 0. The molecule has 0 bridgehead atoms. The standard InChI is InChI=1S/C20H23N5O4/c1-3-27-19(26)16-13-28-20(22-16)25-11-9-24(10-12-25)17(15-7-5-4-6-8-15)18-21-14(2)23-29-18/h4-8,13,17H,3,9-12H2,1-2H3. The predicted octanol–water partition coefficient (Wildman–Crippen LogP) is 2.45. The van der Waals surface area contributed by atoms with Gasteiger partial charge in [0.2, 0.25) is 5.89 Å². The predicted molar refractivity (Wildman–Crippen MR) is 104 cm³/mol. The molecule has 0 radical (unpaired) electrons. The van der Waals surface area contributed by atoms with E-state index in [0.717, 1.165) is 18.7 Å². The minimum Gasteiger partial charge on any atom is -0.461 e. The number of carbonyl (C=O) groups is 1. The van der Waals surface area contributed by atoms with Crippen LogP contribution in [0.3, 0.4) is 0 Å². The summed E-state index contributed by atoms with van der Waals surface area (Å²) < 4.78 is 16.0. The van der Waals surface area contributed by atoms with Crippen LogP contribution in [-0.2, 0) is 4.74 Å². The number of aryl methyl sites for hydroxylation is 1. The van der Waals surface area contributed by atoms with Crippen molar-refractivity contribution in [1.29, 1.82) is 0 Å². The lowest BCUT2D eigenvalue weighted by Gasteiger charge is -2.37. The van der Waals surface area contributed by atoms with Crippen LogP contribution in [0.15, 0.2) is 45.5 Å². The number of oxazole rings is 1. The number of benzene rings is 1.